The van der Waals surface area contributed by atoms with Crippen LogP contribution in [0.25, 0.3) is 6.08 Å². The lowest BCUT2D eigenvalue weighted by Crippen LogP contribution is -2.30. The van der Waals surface area contributed by atoms with Gasteiger partial charge in [0.1, 0.15) is 17.3 Å². The average molecular weight is 316 g/mol. The second-order valence-electron chi connectivity index (χ2n) is 4.66. The number of hydrogen-bond acceptors (Lipinski definition) is 2. The summed E-state index contributed by atoms with van der Waals surface area (Å²) in [7, 11) is 0. The molecule has 1 N–H and O–H groups in total. The average Bonchev–Trinajstić information content (AvgIpc) is 2.75. The van der Waals surface area contributed by atoms with Crippen LogP contribution in [-0.2, 0) is 4.79 Å². The summed E-state index contributed by atoms with van der Waals surface area (Å²) in [6.07, 6.45) is 1.52. The lowest BCUT2D eigenvalue weighted by Gasteiger charge is -2.13. The minimum Gasteiger partial charge on any atom is -0.327 e. The van der Waals surface area contributed by atoms with Crippen LogP contribution in [0, 0.1) is 11.6 Å². The van der Waals surface area contributed by atoms with Gasteiger partial charge in [-0.3, -0.25) is 9.69 Å². The van der Waals surface area contributed by atoms with Gasteiger partial charge in [-0.05, 0) is 60.3 Å². The largest absolute Gasteiger partial charge is 0.327 e. The minimum atomic E-state index is -0.398. The van der Waals surface area contributed by atoms with Crippen molar-refractivity contribution in [2.24, 2.45) is 0 Å². The fourth-order valence-electron chi connectivity index (χ4n) is 2.12. The topological polar surface area (TPSA) is 32.3 Å². The first-order chi connectivity index (χ1) is 10.5. The molecule has 1 heterocycles. The minimum absolute atomic E-state index is 0.194. The van der Waals surface area contributed by atoms with Gasteiger partial charge < -0.3 is 5.32 Å². The summed E-state index contributed by atoms with van der Waals surface area (Å²) in [5.74, 6) is -1.16. The van der Waals surface area contributed by atoms with Crippen molar-refractivity contribution >= 4 is 35.0 Å². The predicted molar refractivity (Wildman–Crippen MR) is 84.0 cm³/mol. The number of rotatable bonds is 2. The van der Waals surface area contributed by atoms with Crippen molar-refractivity contribution in [2.75, 3.05) is 4.90 Å². The van der Waals surface area contributed by atoms with Crippen LogP contribution >= 0.6 is 12.2 Å². The van der Waals surface area contributed by atoms with Crippen LogP contribution in [0.4, 0.5) is 14.5 Å². The van der Waals surface area contributed by atoms with E-state index >= 15 is 0 Å². The number of thiocarbonyl (C=S) groups is 1. The maximum absolute atomic E-state index is 13.2. The van der Waals surface area contributed by atoms with Crippen LogP contribution in [0.15, 0.2) is 54.2 Å². The van der Waals surface area contributed by atoms with Gasteiger partial charge in [-0.2, -0.15) is 0 Å². The van der Waals surface area contributed by atoms with Crippen LogP contribution in [0.2, 0.25) is 0 Å². The van der Waals surface area contributed by atoms with E-state index in [2.05, 4.69) is 5.32 Å². The highest BCUT2D eigenvalue weighted by Crippen LogP contribution is 2.22. The summed E-state index contributed by atoms with van der Waals surface area (Å²) in [4.78, 5) is 13.7. The first-order valence-corrected chi connectivity index (χ1v) is 6.84. The zero-order chi connectivity index (χ0) is 15.7. The molecule has 1 aliphatic heterocycles. The lowest BCUT2D eigenvalue weighted by atomic mass is 10.2. The van der Waals surface area contributed by atoms with E-state index < -0.39 is 11.6 Å². The molecule has 1 aliphatic rings. The van der Waals surface area contributed by atoms with Gasteiger partial charge >= 0.3 is 0 Å². The molecule has 0 spiro atoms. The maximum atomic E-state index is 13.2. The normalized spacial score (nSPS) is 16.3. The molecule has 2 aromatic carbocycles. The number of nitrogens with zero attached hydrogens (tertiary/aromatic N) is 1. The summed E-state index contributed by atoms with van der Waals surface area (Å²) < 4.78 is 26.2. The van der Waals surface area contributed by atoms with Crippen LogP contribution in [-0.4, -0.2) is 11.0 Å². The van der Waals surface area contributed by atoms with E-state index in [0.717, 1.165) is 0 Å². The van der Waals surface area contributed by atoms with Gasteiger partial charge in [0.2, 0.25) is 0 Å². The van der Waals surface area contributed by atoms with Crippen LogP contribution in [0.5, 0.6) is 0 Å². The van der Waals surface area contributed by atoms with Crippen molar-refractivity contribution in [2.45, 2.75) is 0 Å². The van der Waals surface area contributed by atoms with Crippen molar-refractivity contribution < 1.29 is 13.6 Å². The summed E-state index contributed by atoms with van der Waals surface area (Å²) in [5, 5.41) is 2.98. The lowest BCUT2D eigenvalue weighted by molar-refractivity contribution is -0.113. The van der Waals surface area contributed by atoms with E-state index in [9.17, 15) is 13.6 Å². The molecule has 3 nitrogen and oxygen atoms in total. The Labute approximate surface area is 130 Å². The first kappa shape index (κ1) is 14.3. The summed E-state index contributed by atoms with van der Waals surface area (Å²) in [6, 6.07) is 11.3. The van der Waals surface area contributed by atoms with E-state index in [1.165, 1.54) is 47.4 Å². The third-order valence-electron chi connectivity index (χ3n) is 3.12. The zero-order valence-corrected chi connectivity index (χ0v) is 12.0. The Balaban J connectivity index is 1.93. The molecule has 22 heavy (non-hydrogen) atoms. The molecule has 0 radical (unpaired) electrons. The van der Waals surface area contributed by atoms with E-state index in [4.69, 9.17) is 12.2 Å². The quantitative estimate of drug-likeness (QED) is 0.682. The van der Waals surface area contributed by atoms with Crippen molar-refractivity contribution in [1.29, 1.82) is 0 Å². The molecule has 3 rings (SSSR count). The van der Waals surface area contributed by atoms with Gasteiger partial charge in [0.05, 0.1) is 5.69 Å². The van der Waals surface area contributed by atoms with Crippen LogP contribution in [0.1, 0.15) is 5.56 Å². The Hall–Kier alpha value is -2.60. The molecular formula is C16H10F2N2OS. The standard InChI is InChI=1S/C16H10F2N2OS/c17-11-4-6-13(7-5-11)20-15(21)14(19-16(20)22)9-10-2-1-3-12(18)8-10/h1-9H,(H,19,22)/b14-9+. The third kappa shape index (κ3) is 2.73. The number of carbonyl (C=O) groups excluding carboxylic acids is 1. The van der Waals surface area contributed by atoms with Gasteiger partial charge in [0, 0.05) is 0 Å². The molecule has 1 saturated heterocycles. The second-order valence-corrected chi connectivity index (χ2v) is 5.05. The zero-order valence-electron chi connectivity index (χ0n) is 11.2. The summed E-state index contributed by atoms with van der Waals surface area (Å²) in [6.45, 7) is 0. The molecule has 110 valence electrons. The molecule has 6 heteroatoms. The molecule has 0 unspecified atom stereocenters. The SMILES string of the molecule is O=C1/C(=C\c2cccc(F)c2)NC(=S)N1c1ccc(F)cc1. The Morgan fingerprint density at radius 3 is 2.45 bits per heavy atom. The molecule has 0 atom stereocenters. The van der Waals surface area contributed by atoms with Crippen molar-refractivity contribution in [1.82, 2.24) is 5.32 Å². The fraction of sp³-hybridized carbons (Fsp3) is 0. The van der Waals surface area contributed by atoms with E-state index in [-0.39, 0.29) is 16.7 Å². The first-order valence-electron chi connectivity index (χ1n) is 6.43. The molecule has 0 bridgehead atoms. The van der Waals surface area contributed by atoms with Crippen LogP contribution < -0.4 is 10.2 Å². The van der Waals surface area contributed by atoms with Gasteiger partial charge in [-0.15, -0.1) is 0 Å². The molecule has 1 amide bonds. The molecule has 0 aliphatic carbocycles. The van der Waals surface area contributed by atoms with E-state index in [1.807, 2.05) is 0 Å². The number of nitrogens with one attached hydrogen (secondary N) is 1. The number of amides is 1. The summed E-state index contributed by atoms with van der Waals surface area (Å²) in [5.41, 5.74) is 1.24. The van der Waals surface area contributed by atoms with E-state index in [1.54, 1.807) is 12.1 Å². The van der Waals surface area contributed by atoms with E-state index in [0.29, 0.717) is 11.3 Å². The number of carbonyl (C=O) groups is 1. The monoisotopic (exact) mass is 316 g/mol. The number of anilines is 1. The van der Waals surface area contributed by atoms with Gasteiger partial charge in [0.25, 0.3) is 5.91 Å². The van der Waals surface area contributed by atoms with Crippen molar-refractivity contribution in [3.8, 4) is 0 Å². The molecule has 1 fully saturated rings. The number of benzene rings is 2. The highest BCUT2D eigenvalue weighted by atomic mass is 32.1. The Morgan fingerprint density at radius 2 is 1.77 bits per heavy atom. The van der Waals surface area contributed by atoms with Crippen molar-refractivity contribution in [3.63, 3.8) is 0 Å². The molecule has 2 aromatic rings. The molecular weight excluding hydrogens is 306 g/mol. The van der Waals surface area contributed by atoms with Gasteiger partial charge in [-0.1, -0.05) is 12.1 Å². The smallest absolute Gasteiger partial charge is 0.281 e. The number of hydrogen-bond donors (Lipinski definition) is 1. The number of halogens is 2. The van der Waals surface area contributed by atoms with Crippen molar-refractivity contribution in [3.05, 3.63) is 71.4 Å². The van der Waals surface area contributed by atoms with Gasteiger partial charge in [0.15, 0.2) is 5.11 Å². The predicted octanol–water partition coefficient (Wildman–Crippen LogP) is 3.23. The molecule has 0 aromatic heterocycles. The Bertz CT molecular complexity index is 787. The second kappa shape index (κ2) is 5.65. The third-order valence-corrected chi connectivity index (χ3v) is 3.41. The van der Waals surface area contributed by atoms with Crippen LogP contribution in [0.3, 0.4) is 0 Å². The Kier molecular flexibility index (Phi) is 3.68. The van der Waals surface area contributed by atoms with Gasteiger partial charge in [-0.25, -0.2) is 8.78 Å². The highest BCUT2D eigenvalue weighted by molar-refractivity contribution is 7.80. The Morgan fingerprint density at radius 1 is 1.05 bits per heavy atom. The molecule has 0 saturated carbocycles. The highest BCUT2D eigenvalue weighted by Gasteiger charge is 2.31. The maximum Gasteiger partial charge on any atom is 0.281 e. The summed E-state index contributed by atoms with van der Waals surface area (Å²) >= 11 is 5.14. The fourth-order valence-corrected chi connectivity index (χ4v) is 2.42.